The molecular formula is C43H42HfSi. The Balaban J connectivity index is 0.00000154. The van der Waals surface area contributed by atoms with Gasteiger partial charge in [-0.2, -0.15) is 12.1 Å². The van der Waals surface area contributed by atoms with Crippen molar-refractivity contribution >= 4 is 40.0 Å². The standard InChI is InChI=1S/C41H36Si.2CH3.Hf/c1-29-11-7-15-32(23-29)38-19-9-17-34-25-36(27-40(34)38)42(3,22-21-31-13-5-4-6-14-31)37-26-35-18-10-20-39(41(35)28-37)33-16-8-12-30(2)24-33;;;/h4-20,23-28H,21-22H2,1-3H3;2*1H3;/q-2;2*-1;+4. The van der Waals surface area contributed by atoms with Gasteiger partial charge in [-0.3, -0.25) is 0 Å². The fourth-order valence-corrected chi connectivity index (χ4v) is 10.3. The fraction of sp³-hybridized carbons (Fsp3) is 0.116. The van der Waals surface area contributed by atoms with Crippen molar-refractivity contribution in [2.45, 2.75) is 32.9 Å². The third-order valence-electron chi connectivity index (χ3n) is 9.19. The van der Waals surface area contributed by atoms with Crippen LogP contribution >= 0.6 is 0 Å². The molecule has 45 heavy (non-hydrogen) atoms. The maximum absolute atomic E-state index is 2.59. The Morgan fingerprint density at radius 2 is 1.00 bits per heavy atom. The summed E-state index contributed by atoms with van der Waals surface area (Å²) in [5.74, 6) is 0. The van der Waals surface area contributed by atoms with E-state index in [1.165, 1.54) is 76.9 Å². The predicted molar refractivity (Wildman–Crippen MR) is 198 cm³/mol. The second kappa shape index (κ2) is 14.2. The van der Waals surface area contributed by atoms with Gasteiger partial charge < -0.3 is 14.9 Å². The number of aryl methyl sites for hydroxylation is 3. The van der Waals surface area contributed by atoms with E-state index < -0.39 is 8.07 Å². The molecule has 0 nitrogen and oxygen atoms in total. The molecule has 2 heteroatoms. The summed E-state index contributed by atoms with van der Waals surface area (Å²) in [7, 11) is -2.12. The third-order valence-corrected chi connectivity index (χ3v) is 13.6. The first-order chi connectivity index (χ1) is 20.5. The summed E-state index contributed by atoms with van der Waals surface area (Å²) in [5, 5.41) is 8.49. The van der Waals surface area contributed by atoms with E-state index in [4.69, 9.17) is 0 Å². The van der Waals surface area contributed by atoms with Gasteiger partial charge in [0.1, 0.15) is 0 Å². The first kappa shape index (κ1) is 34.3. The minimum Gasteiger partial charge on any atom is -0.358 e. The van der Waals surface area contributed by atoms with E-state index in [1.54, 1.807) is 0 Å². The smallest absolute Gasteiger partial charge is 0.358 e. The number of hydrogen-bond acceptors (Lipinski definition) is 0. The molecule has 0 N–H and O–H groups in total. The van der Waals surface area contributed by atoms with Crippen LogP contribution in [-0.4, -0.2) is 8.07 Å². The summed E-state index contributed by atoms with van der Waals surface area (Å²) in [6.45, 7) is 6.95. The monoisotopic (exact) mass is 766 g/mol. The van der Waals surface area contributed by atoms with E-state index in [0.29, 0.717) is 0 Å². The molecule has 0 aliphatic heterocycles. The summed E-state index contributed by atoms with van der Waals surface area (Å²) >= 11 is 0. The van der Waals surface area contributed by atoms with Gasteiger partial charge in [-0.15, -0.1) is 68.3 Å². The number of benzene rings is 5. The van der Waals surface area contributed by atoms with Gasteiger partial charge in [0.25, 0.3) is 0 Å². The third kappa shape index (κ3) is 6.69. The summed E-state index contributed by atoms with van der Waals surface area (Å²) in [6, 6.07) is 53.7. The number of rotatable bonds is 7. The maximum atomic E-state index is 2.59. The zero-order valence-electron chi connectivity index (χ0n) is 27.2. The molecule has 7 rings (SSSR count). The minimum absolute atomic E-state index is 0. The first-order valence-corrected chi connectivity index (χ1v) is 17.8. The zero-order valence-corrected chi connectivity index (χ0v) is 31.8. The van der Waals surface area contributed by atoms with Crippen LogP contribution in [0.25, 0.3) is 43.8 Å². The quantitative estimate of drug-likeness (QED) is 0.112. The van der Waals surface area contributed by atoms with Crippen LogP contribution in [0.3, 0.4) is 0 Å². The van der Waals surface area contributed by atoms with Crippen molar-refractivity contribution < 1.29 is 25.8 Å². The summed E-state index contributed by atoms with van der Waals surface area (Å²) in [5.41, 5.74) is 9.27. The molecule has 0 aliphatic carbocycles. The average Bonchev–Trinajstić information content (AvgIpc) is 3.66. The fourth-order valence-electron chi connectivity index (χ4n) is 6.73. The van der Waals surface area contributed by atoms with Gasteiger partial charge >= 0.3 is 25.8 Å². The Morgan fingerprint density at radius 3 is 1.47 bits per heavy atom. The molecule has 0 unspecified atom stereocenters. The van der Waals surface area contributed by atoms with E-state index in [1.807, 2.05) is 0 Å². The van der Waals surface area contributed by atoms with Gasteiger partial charge in [-0.05, 0) is 43.0 Å². The zero-order chi connectivity index (χ0) is 28.7. The molecule has 0 amide bonds. The van der Waals surface area contributed by atoms with Gasteiger partial charge in [-0.1, -0.05) is 120 Å². The minimum atomic E-state index is -2.12. The van der Waals surface area contributed by atoms with Gasteiger partial charge in [0.15, 0.2) is 0 Å². The SMILES string of the molecule is Cc1cccc(-c2cccc3[cH-]c([Si](C)(CCc4ccccc4)c4cc5c(-c6cccc(C)c6)cccc5[cH-]4)cc23)c1.[CH3-].[CH3-].[Hf+4]. The largest absolute Gasteiger partial charge is 4.00 e. The first-order valence-electron chi connectivity index (χ1n) is 15.1. The average molecular weight is 765 g/mol. The molecule has 0 bridgehead atoms. The molecule has 7 aromatic rings. The van der Waals surface area contributed by atoms with Crippen LogP contribution in [0, 0.1) is 28.7 Å². The van der Waals surface area contributed by atoms with Gasteiger partial charge in [-0.25, -0.2) is 0 Å². The van der Waals surface area contributed by atoms with Crippen LogP contribution in [-0.2, 0) is 32.3 Å². The molecular weight excluding hydrogens is 723 g/mol. The summed E-state index contributed by atoms with van der Waals surface area (Å²) in [6.07, 6.45) is 1.09. The Labute approximate surface area is 290 Å². The predicted octanol–water partition coefficient (Wildman–Crippen LogP) is 10.7. The van der Waals surface area contributed by atoms with Crippen molar-refractivity contribution in [1.82, 2.24) is 0 Å². The molecule has 0 atom stereocenters. The van der Waals surface area contributed by atoms with Crippen molar-refractivity contribution in [2.24, 2.45) is 0 Å². The number of hydrogen-bond donors (Lipinski definition) is 0. The van der Waals surface area contributed by atoms with E-state index in [0.717, 1.165) is 6.42 Å². The van der Waals surface area contributed by atoms with E-state index in [9.17, 15) is 0 Å². The van der Waals surface area contributed by atoms with Crippen molar-refractivity contribution in [3.8, 4) is 22.3 Å². The van der Waals surface area contributed by atoms with Gasteiger partial charge in [0.2, 0.25) is 0 Å². The van der Waals surface area contributed by atoms with E-state index in [-0.39, 0.29) is 40.7 Å². The molecule has 0 fully saturated rings. The molecule has 0 radical (unpaired) electrons. The molecule has 0 aromatic heterocycles. The molecule has 0 saturated heterocycles. The van der Waals surface area contributed by atoms with Crippen LogP contribution in [0.2, 0.25) is 12.6 Å². The van der Waals surface area contributed by atoms with E-state index >= 15 is 0 Å². The number of fused-ring (bicyclic) bond motifs is 2. The van der Waals surface area contributed by atoms with Crippen molar-refractivity contribution in [2.75, 3.05) is 0 Å². The second-order valence-electron chi connectivity index (χ2n) is 12.2. The maximum Gasteiger partial charge on any atom is 4.00 e. The van der Waals surface area contributed by atoms with Crippen LogP contribution in [0.4, 0.5) is 0 Å². The normalized spacial score (nSPS) is 11.1. The topological polar surface area (TPSA) is 0 Å². The van der Waals surface area contributed by atoms with Crippen LogP contribution in [0.1, 0.15) is 16.7 Å². The molecule has 7 aromatic carbocycles. The molecule has 0 saturated carbocycles. The summed E-state index contributed by atoms with van der Waals surface area (Å²) < 4.78 is 0. The van der Waals surface area contributed by atoms with Crippen molar-refractivity contribution in [3.05, 3.63) is 171 Å². The molecule has 0 heterocycles. The van der Waals surface area contributed by atoms with Crippen molar-refractivity contribution in [3.63, 3.8) is 0 Å². The van der Waals surface area contributed by atoms with E-state index in [2.05, 4.69) is 160 Å². The summed E-state index contributed by atoms with van der Waals surface area (Å²) in [4.78, 5) is 0. The Bertz CT molecular complexity index is 1900. The molecule has 0 spiro atoms. The van der Waals surface area contributed by atoms with Gasteiger partial charge in [0, 0.05) is 0 Å². The molecule has 0 aliphatic rings. The molecule has 222 valence electrons. The van der Waals surface area contributed by atoms with Crippen LogP contribution in [0.15, 0.2) is 140 Å². The second-order valence-corrected chi connectivity index (χ2v) is 16.5. The van der Waals surface area contributed by atoms with Crippen LogP contribution in [0.5, 0.6) is 0 Å². The van der Waals surface area contributed by atoms with Crippen LogP contribution < -0.4 is 10.4 Å². The Kier molecular flexibility index (Phi) is 10.8. The Hall–Kier alpha value is -3.59. The van der Waals surface area contributed by atoms with Gasteiger partial charge in [0.05, 0.1) is 8.07 Å². The Morgan fingerprint density at radius 1 is 0.533 bits per heavy atom. The van der Waals surface area contributed by atoms with Crippen molar-refractivity contribution in [1.29, 1.82) is 0 Å².